The number of likely N-dealkylation sites (N-methyl/N-ethyl adjacent to an activating group) is 1. The van der Waals surface area contributed by atoms with Crippen LogP contribution in [0.5, 0.6) is 11.5 Å². The first-order valence-corrected chi connectivity index (χ1v) is 14.5. The first-order valence-electron chi connectivity index (χ1n) is 14.5. The third-order valence-electron chi connectivity index (χ3n) is 8.37. The summed E-state index contributed by atoms with van der Waals surface area (Å²) >= 11 is 0. The molecule has 0 bridgehead atoms. The molecule has 10 heteroatoms. The van der Waals surface area contributed by atoms with E-state index in [0.29, 0.717) is 11.5 Å². The first kappa shape index (κ1) is 31.8. The normalized spacial score (nSPS) is 19.4. The number of alkyl halides is 2. The van der Waals surface area contributed by atoms with Crippen LogP contribution in [0.4, 0.5) is 17.6 Å². The van der Waals surface area contributed by atoms with E-state index in [1.807, 2.05) is 25.9 Å². The summed E-state index contributed by atoms with van der Waals surface area (Å²) in [6, 6.07) is 7.46. The molecule has 1 heterocycles. The third kappa shape index (κ3) is 7.64. The van der Waals surface area contributed by atoms with Crippen molar-refractivity contribution in [2.75, 3.05) is 34.3 Å². The Hall–Kier alpha value is -3.11. The molecule has 2 aromatic rings. The van der Waals surface area contributed by atoms with Crippen molar-refractivity contribution in [3.63, 3.8) is 0 Å². The average molecular weight is 592 g/mol. The maximum Gasteiger partial charge on any atom is 0.387 e. The number of nitrogens with one attached hydrogen (secondary N) is 1. The van der Waals surface area contributed by atoms with Crippen LogP contribution in [0, 0.1) is 17.6 Å². The van der Waals surface area contributed by atoms with Gasteiger partial charge in [0.15, 0.2) is 11.5 Å². The number of nitrogens with zero attached hydrogens (tertiary/aromatic N) is 2. The van der Waals surface area contributed by atoms with Gasteiger partial charge < -0.3 is 24.6 Å². The van der Waals surface area contributed by atoms with E-state index < -0.39 is 18.2 Å². The predicted octanol–water partition coefficient (Wildman–Crippen LogP) is 6.36. The van der Waals surface area contributed by atoms with Crippen LogP contribution in [0.25, 0.3) is 6.08 Å². The SMILES string of the molecule is COc1cc(C(=O)N(CC(C)=Cc2ccc(F)cc2F)C(C2CCCN2)C(C2CCCC2)N(C)C)ccc1OC(F)F. The van der Waals surface area contributed by atoms with Crippen LogP contribution in [0.2, 0.25) is 0 Å². The summed E-state index contributed by atoms with van der Waals surface area (Å²) in [5, 5.41) is 3.62. The monoisotopic (exact) mass is 591 g/mol. The summed E-state index contributed by atoms with van der Waals surface area (Å²) in [7, 11) is 5.42. The number of benzene rings is 2. The van der Waals surface area contributed by atoms with Gasteiger partial charge in [-0.05, 0) is 89.5 Å². The molecule has 1 amide bonds. The molecule has 3 atom stereocenters. The van der Waals surface area contributed by atoms with Gasteiger partial charge in [0.25, 0.3) is 5.91 Å². The van der Waals surface area contributed by atoms with Crippen LogP contribution in [0.3, 0.4) is 0 Å². The minimum Gasteiger partial charge on any atom is -0.493 e. The lowest BCUT2D eigenvalue weighted by molar-refractivity contribution is -0.0512. The molecule has 1 N–H and O–H groups in total. The second-order valence-corrected chi connectivity index (χ2v) is 11.5. The maximum atomic E-state index is 14.6. The highest BCUT2D eigenvalue weighted by molar-refractivity contribution is 5.95. The summed E-state index contributed by atoms with van der Waals surface area (Å²) in [4.78, 5) is 18.5. The molecule has 42 heavy (non-hydrogen) atoms. The van der Waals surface area contributed by atoms with Crippen molar-refractivity contribution in [3.05, 3.63) is 64.7 Å². The van der Waals surface area contributed by atoms with Gasteiger partial charge in [-0.3, -0.25) is 4.79 Å². The number of rotatable bonds is 12. The molecule has 0 aromatic heterocycles. The molecule has 3 unspecified atom stereocenters. The fraction of sp³-hybridized carbons (Fsp3) is 0.531. The highest BCUT2D eigenvalue weighted by atomic mass is 19.3. The van der Waals surface area contributed by atoms with E-state index in [1.165, 1.54) is 37.4 Å². The van der Waals surface area contributed by atoms with E-state index in [0.717, 1.165) is 51.1 Å². The van der Waals surface area contributed by atoms with Gasteiger partial charge >= 0.3 is 6.61 Å². The maximum absolute atomic E-state index is 14.6. The van der Waals surface area contributed by atoms with Crippen molar-refractivity contribution in [2.24, 2.45) is 5.92 Å². The molecule has 1 saturated carbocycles. The van der Waals surface area contributed by atoms with Crippen molar-refractivity contribution in [1.82, 2.24) is 15.1 Å². The summed E-state index contributed by atoms with van der Waals surface area (Å²) in [6.07, 6.45) is 7.92. The van der Waals surface area contributed by atoms with Gasteiger partial charge in [0.1, 0.15) is 11.6 Å². The van der Waals surface area contributed by atoms with Crippen LogP contribution < -0.4 is 14.8 Å². The first-order chi connectivity index (χ1) is 20.1. The van der Waals surface area contributed by atoms with Gasteiger partial charge in [-0.2, -0.15) is 8.78 Å². The van der Waals surface area contributed by atoms with E-state index in [4.69, 9.17) is 4.74 Å². The smallest absolute Gasteiger partial charge is 0.387 e. The highest BCUT2D eigenvalue weighted by Crippen LogP contribution is 2.36. The molecular weight excluding hydrogens is 550 g/mol. The number of amides is 1. The zero-order chi connectivity index (χ0) is 30.4. The molecule has 2 aromatic carbocycles. The minimum atomic E-state index is -3.04. The number of hydrogen-bond donors (Lipinski definition) is 1. The topological polar surface area (TPSA) is 54.0 Å². The molecular formula is C32H41F4N3O3. The van der Waals surface area contributed by atoms with Crippen molar-refractivity contribution in [1.29, 1.82) is 0 Å². The molecule has 230 valence electrons. The Labute approximate surface area is 245 Å². The number of carbonyl (C=O) groups is 1. The van der Waals surface area contributed by atoms with Crippen molar-refractivity contribution >= 4 is 12.0 Å². The largest absolute Gasteiger partial charge is 0.493 e. The third-order valence-corrected chi connectivity index (χ3v) is 8.37. The Bertz CT molecular complexity index is 1240. The fourth-order valence-corrected chi connectivity index (χ4v) is 6.62. The molecule has 0 radical (unpaired) electrons. The van der Waals surface area contributed by atoms with E-state index in [9.17, 15) is 22.4 Å². The standard InChI is InChI=1S/C32H41F4N3O3/c1-20(16-22-11-13-24(33)18-25(22)34)19-39(31(40)23-12-14-27(42-32(35)36)28(17-23)41-4)30(26-10-7-15-37-26)29(38(2)3)21-8-5-6-9-21/h11-14,16-18,21,26,29-30,32,37H,5-10,15,19H2,1-4H3. The zero-order valence-corrected chi connectivity index (χ0v) is 24.7. The number of ether oxygens (including phenoxy) is 2. The second-order valence-electron chi connectivity index (χ2n) is 11.5. The van der Waals surface area contributed by atoms with E-state index >= 15 is 0 Å². The molecule has 2 aliphatic rings. The summed E-state index contributed by atoms with van der Waals surface area (Å²) in [5.74, 6) is -1.39. The Kier molecular flexibility index (Phi) is 10.9. The van der Waals surface area contributed by atoms with Crippen LogP contribution >= 0.6 is 0 Å². The van der Waals surface area contributed by atoms with Crippen LogP contribution in [0.15, 0.2) is 42.0 Å². The zero-order valence-electron chi connectivity index (χ0n) is 24.7. The van der Waals surface area contributed by atoms with Crippen LogP contribution in [0.1, 0.15) is 61.4 Å². The number of methoxy groups -OCH3 is 1. The van der Waals surface area contributed by atoms with Gasteiger partial charge in [-0.25, -0.2) is 8.78 Å². The van der Waals surface area contributed by atoms with Gasteiger partial charge in [0, 0.05) is 35.8 Å². The Morgan fingerprint density at radius 1 is 1.02 bits per heavy atom. The molecule has 1 saturated heterocycles. The molecule has 4 rings (SSSR count). The lowest BCUT2D eigenvalue weighted by Crippen LogP contribution is -2.61. The van der Waals surface area contributed by atoms with Crippen molar-refractivity contribution < 1.29 is 31.8 Å². The van der Waals surface area contributed by atoms with Gasteiger partial charge in [0.2, 0.25) is 0 Å². The minimum absolute atomic E-state index is 0.0252. The quantitative estimate of drug-likeness (QED) is 0.291. The second kappa shape index (κ2) is 14.4. The van der Waals surface area contributed by atoms with E-state index in [1.54, 1.807) is 6.08 Å². The lowest BCUT2D eigenvalue weighted by Gasteiger charge is -2.46. The molecule has 2 fully saturated rings. The molecule has 0 spiro atoms. The Morgan fingerprint density at radius 3 is 2.36 bits per heavy atom. The van der Waals surface area contributed by atoms with Crippen LogP contribution in [-0.4, -0.2) is 74.7 Å². The highest BCUT2D eigenvalue weighted by Gasteiger charge is 2.43. The number of halogens is 4. The lowest BCUT2D eigenvalue weighted by atomic mass is 9.84. The van der Waals surface area contributed by atoms with Crippen molar-refractivity contribution in [2.45, 2.75) is 70.2 Å². The molecule has 1 aliphatic heterocycles. The number of hydrogen-bond acceptors (Lipinski definition) is 5. The fourth-order valence-electron chi connectivity index (χ4n) is 6.62. The predicted molar refractivity (Wildman–Crippen MR) is 155 cm³/mol. The Morgan fingerprint density at radius 2 is 1.76 bits per heavy atom. The summed E-state index contributed by atoms with van der Waals surface area (Å²) in [6.45, 7) is -0.186. The average Bonchev–Trinajstić information content (AvgIpc) is 3.66. The van der Waals surface area contributed by atoms with Crippen LogP contribution in [-0.2, 0) is 0 Å². The Balaban J connectivity index is 1.79. The van der Waals surface area contributed by atoms with Gasteiger partial charge in [-0.15, -0.1) is 0 Å². The van der Waals surface area contributed by atoms with E-state index in [2.05, 4.69) is 15.0 Å². The number of carbonyl (C=O) groups excluding carboxylic acids is 1. The summed E-state index contributed by atoms with van der Waals surface area (Å²) < 4.78 is 63.9. The molecule has 1 aliphatic carbocycles. The van der Waals surface area contributed by atoms with Gasteiger partial charge in [-0.1, -0.05) is 24.5 Å². The van der Waals surface area contributed by atoms with E-state index in [-0.39, 0.29) is 53.2 Å². The van der Waals surface area contributed by atoms with Crippen molar-refractivity contribution in [3.8, 4) is 11.5 Å². The summed E-state index contributed by atoms with van der Waals surface area (Å²) in [5.41, 5.74) is 1.21. The molecule has 6 nitrogen and oxygen atoms in total. The van der Waals surface area contributed by atoms with Gasteiger partial charge in [0.05, 0.1) is 13.2 Å².